The van der Waals surface area contributed by atoms with Crippen LogP contribution in [0, 0.1) is 11.7 Å². The van der Waals surface area contributed by atoms with Crippen LogP contribution in [0.4, 0.5) is 5.95 Å². The number of aromatic nitrogens is 3. The molecular formula is C8H10N4S2. The SMILES string of the molecule is Cc1ccsc1Cn1c(N)n[nH]c1=S. The van der Waals surface area contributed by atoms with Gasteiger partial charge in [0.25, 0.3) is 0 Å². The molecule has 0 radical (unpaired) electrons. The molecule has 0 saturated heterocycles. The van der Waals surface area contributed by atoms with E-state index in [-0.39, 0.29) is 0 Å². The lowest BCUT2D eigenvalue weighted by molar-refractivity contribution is 0.802. The van der Waals surface area contributed by atoms with Crippen LogP contribution in [0.5, 0.6) is 0 Å². The predicted octanol–water partition coefficient (Wildman–Crippen LogP) is 1.94. The fraction of sp³-hybridized carbons (Fsp3) is 0.250. The maximum Gasteiger partial charge on any atom is 0.220 e. The zero-order valence-electron chi connectivity index (χ0n) is 7.65. The minimum Gasteiger partial charge on any atom is -0.368 e. The van der Waals surface area contributed by atoms with Gasteiger partial charge in [-0.2, -0.15) is 0 Å². The third-order valence-corrected chi connectivity index (χ3v) is 3.38. The van der Waals surface area contributed by atoms with Gasteiger partial charge in [0.2, 0.25) is 5.95 Å². The Morgan fingerprint density at radius 1 is 1.71 bits per heavy atom. The van der Waals surface area contributed by atoms with Crippen LogP contribution in [-0.4, -0.2) is 14.8 Å². The lowest BCUT2D eigenvalue weighted by atomic mass is 10.3. The Bertz CT molecular complexity index is 493. The summed E-state index contributed by atoms with van der Waals surface area (Å²) < 4.78 is 2.35. The number of hydrogen-bond acceptors (Lipinski definition) is 4. The summed E-state index contributed by atoms with van der Waals surface area (Å²) in [5.74, 6) is 0.433. The van der Waals surface area contributed by atoms with Gasteiger partial charge >= 0.3 is 0 Å². The molecular weight excluding hydrogens is 216 g/mol. The Hall–Kier alpha value is -1.14. The molecule has 0 atom stereocenters. The van der Waals surface area contributed by atoms with Crippen molar-refractivity contribution >= 4 is 29.5 Å². The van der Waals surface area contributed by atoms with Gasteiger partial charge in [-0.15, -0.1) is 16.4 Å². The van der Waals surface area contributed by atoms with Crippen molar-refractivity contribution in [3.8, 4) is 0 Å². The van der Waals surface area contributed by atoms with Crippen molar-refractivity contribution < 1.29 is 0 Å². The van der Waals surface area contributed by atoms with Crippen LogP contribution >= 0.6 is 23.6 Å². The van der Waals surface area contributed by atoms with E-state index in [2.05, 4.69) is 28.6 Å². The van der Waals surface area contributed by atoms with Crippen molar-refractivity contribution in [2.75, 3.05) is 5.73 Å². The smallest absolute Gasteiger partial charge is 0.220 e. The van der Waals surface area contributed by atoms with Crippen molar-refractivity contribution in [3.63, 3.8) is 0 Å². The standard InChI is InChI=1S/C8H10N4S2/c1-5-2-3-14-6(5)4-12-7(9)10-11-8(12)13/h2-3H,4H2,1H3,(H2,9,10)(H,11,13). The summed E-state index contributed by atoms with van der Waals surface area (Å²) in [6.45, 7) is 2.77. The van der Waals surface area contributed by atoms with Crippen LogP contribution in [0.3, 0.4) is 0 Å². The van der Waals surface area contributed by atoms with Gasteiger partial charge in [0.15, 0.2) is 4.77 Å². The molecule has 2 aromatic rings. The highest BCUT2D eigenvalue weighted by Gasteiger charge is 2.05. The second-order valence-electron chi connectivity index (χ2n) is 3.00. The normalized spacial score (nSPS) is 10.6. The van der Waals surface area contributed by atoms with E-state index < -0.39 is 0 Å². The maximum absolute atomic E-state index is 5.67. The number of anilines is 1. The third-order valence-electron chi connectivity index (χ3n) is 2.06. The minimum atomic E-state index is 0.433. The molecule has 2 aromatic heterocycles. The van der Waals surface area contributed by atoms with Gasteiger partial charge in [-0.1, -0.05) is 0 Å². The van der Waals surface area contributed by atoms with Crippen LogP contribution in [0.25, 0.3) is 0 Å². The van der Waals surface area contributed by atoms with E-state index in [1.165, 1.54) is 10.4 Å². The number of rotatable bonds is 2. The minimum absolute atomic E-state index is 0.433. The molecule has 0 aliphatic rings. The lowest BCUT2D eigenvalue weighted by Crippen LogP contribution is -2.04. The Balaban J connectivity index is 2.36. The second-order valence-corrected chi connectivity index (χ2v) is 4.39. The number of thiophene rings is 1. The van der Waals surface area contributed by atoms with Crippen molar-refractivity contribution in [2.45, 2.75) is 13.5 Å². The molecule has 0 fully saturated rings. The van der Waals surface area contributed by atoms with Crippen LogP contribution in [0.15, 0.2) is 11.4 Å². The van der Waals surface area contributed by atoms with Gasteiger partial charge in [-0.3, -0.25) is 4.57 Å². The topological polar surface area (TPSA) is 59.6 Å². The molecule has 0 aromatic carbocycles. The molecule has 2 heterocycles. The number of nitrogens with one attached hydrogen (secondary N) is 1. The van der Waals surface area contributed by atoms with Gasteiger partial charge in [-0.25, -0.2) is 5.10 Å². The van der Waals surface area contributed by atoms with Crippen molar-refractivity contribution in [2.24, 2.45) is 0 Å². The molecule has 0 saturated carbocycles. The van der Waals surface area contributed by atoms with E-state index >= 15 is 0 Å². The molecule has 4 nitrogen and oxygen atoms in total. The van der Waals surface area contributed by atoms with Crippen molar-refractivity contribution in [3.05, 3.63) is 26.7 Å². The summed E-state index contributed by atoms with van der Waals surface area (Å²) in [7, 11) is 0. The summed E-state index contributed by atoms with van der Waals surface area (Å²) in [5, 5.41) is 8.58. The molecule has 2 rings (SSSR count). The number of H-pyrrole nitrogens is 1. The molecule has 0 spiro atoms. The monoisotopic (exact) mass is 226 g/mol. The summed E-state index contributed by atoms with van der Waals surface area (Å²) in [6, 6.07) is 2.08. The summed E-state index contributed by atoms with van der Waals surface area (Å²) in [4.78, 5) is 1.26. The Labute approximate surface area is 90.4 Å². The van der Waals surface area contributed by atoms with E-state index in [9.17, 15) is 0 Å². The maximum atomic E-state index is 5.67. The van der Waals surface area contributed by atoms with Crippen LogP contribution in [0.2, 0.25) is 0 Å². The molecule has 0 aliphatic heterocycles. The molecule has 0 amide bonds. The molecule has 14 heavy (non-hydrogen) atoms. The largest absolute Gasteiger partial charge is 0.368 e. The molecule has 0 aliphatic carbocycles. The number of aryl methyl sites for hydroxylation is 1. The van der Waals surface area contributed by atoms with Crippen LogP contribution < -0.4 is 5.73 Å². The molecule has 3 N–H and O–H groups in total. The molecule has 0 bridgehead atoms. The highest BCUT2D eigenvalue weighted by atomic mass is 32.1. The fourth-order valence-corrected chi connectivity index (χ4v) is 2.29. The van der Waals surface area contributed by atoms with Crippen LogP contribution in [-0.2, 0) is 6.54 Å². The van der Waals surface area contributed by atoms with Gasteiger partial charge < -0.3 is 5.73 Å². The number of nitrogens with zero attached hydrogens (tertiary/aromatic N) is 2. The Kier molecular flexibility index (Phi) is 2.39. The predicted molar refractivity (Wildman–Crippen MR) is 60.0 cm³/mol. The van der Waals surface area contributed by atoms with E-state index in [1.54, 1.807) is 15.9 Å². The average molecular weight is 226 g/mol. The Morgan fingerprint density at radius 2 is 2.50 bits per heavy atom. The number of hydrogen-bond donors (Lipinski definition) is 2. The first-order chi connectivity index (χ1) is 6.68. The van der Waals surface area contributed by atoms with Gasteiger partial charge in [0.05, 0.1) is 6.54 Å². The lowest BCUT2D eigenvalue weighted by Gasteiger charge is -2.02. The van der Waals surface area contributed by atoms with Crippen molar-refractivity contribution in [1.29, 1.82) is 0 Å². The van der Waals surface area contributed by atoms with Crippen LogP contribution in [0.1, 0.15) is 10.4 Å². The van der Waals surface area contributed by atoms with Crippen molar-refractivity contribution in [1.82, 2.24) is 14.8 Å². The van der Waals surface area contributed by atoms with E-state index in [0.717, 1.165) is 0 Å². The van der Waals surface area contributed by atoms with Gasteiger partial charge in [0.1, 0.15) is 0 Å². The number of nitrogens with two attached hydrogens (primary N) is 1. The quantitative estimate of drug-likeness (QED) is 0.769. The van der Waals surface area contributed by atoms with Gasteiger partial charge in [-0.05, 0) is 36.2 Å². The zero-order valence-corrected chi connectivity index (χ0v) is 9.28. The average Bonchev–Trinajstić information content (AvgIpc) is 2.67. The first-order valence-electron chi connectivity index (χ1n) is 4.12. The first-order valence-corrected chi connectivity index (χ1v) is 5.41. The molecule has 74 valence electrons. The number of aromatic amines is 1. The van der Waals surface area contributed by atoms with E-state index in [4.69, 9.17) is 18.0 Å². The molecule has 0 unspecified atom stereocenters. The third kappa shape index (κ3) is 1.58. The van der Waals surface area contributed by atoms with E-state index in [1.807, 2.05) is 0 Å². The Morgan fingerprint density at radius 3 is 3.00 bits per heavy atom. The fourth-order valence-electron chi connectivity index (χ4n) is 1.19. The summed E-state index contributed by atoms with van der Waals surface area (Å²) in [5.41, 5.74) is 6.93. The number of nitrogen functional groups attached to an aromatic ring is 1. The van der Waals surface area contributed by atoms with E-state index in [0.29, 0.717) is 17.3 Å². The highest BCUT2D eigenvalue weighted by Crippen LogP contribution is 2.17. The second kappa shape index (κ2) is 3.55. The summed E-state index contributed by atoms with van der Waals surface area (Å²) in [6.07, 6.45) is 0. The summed E-state index contributed by atoms with van der Waals surface area (Å²) >= 11 is 6.76. The first kappa shape index (κ1) is 9.42. The van der Waals surface area contributed by atoms with Gasteiger partial charge in [0, 0.05) is 4.88 Å². The highest BCUT2D eigenvalue weighted by molar-refractivity contribution is 7.71. The molecule has 6 heteroatoms. The zero-order chi connectivity index (χ0) is 10.1.